The molecule has 10 heteroatoms. The normalized spacial score (nSPS) is 18.6. The van der Waals surface area contributed by atoms with Crippen molar-refractivity contribution in [3.8, 4) is 23.3 Å². The lowest BCUT2D eigenvalue weighted by molar-refractivity contribution is 0.0780. The lowest BCUT2D eigenvalue weighted by atomic mass is 9.76. The van der Waals surface area contributed by atoms with E-state index in [-0.39, 0.29) is 11.3 Å². The summed E-state index contributed by atoms with van der Waals surface area (Å²) in [4.78, 5) is 25.8. The molecule has 3 heterocycles. The predicted octanol–water partition coefficient (Wildman–Crippen LogP) is 5.36. The lowest BCUT2D eigenvalue weighted by Crippen LogP contribution is -2.39. The molecule has 2 saturated heterocycles. The van der Waals surface area contributed by atoms with E-state index in [0.29, 0.717) is 48.9 Å². The molecule has 0 bridgehead atoms. The molecule has 10 nitrogen and oxygen atoms in total. The van der Waals surface area contributed by atoms with E-state index in [4.69, 9.17) is 19.2 Å². The van der Waals surface area contributed by atoms with Crippen LogP contribution in [0, 0.1) is 11.3 Å². The van der Waals surface area contributed by atoms with Crippen LogP contribution in [0.4, 0.5) is 5.95 Å². The fourth-order valence-electron chi connectivity index (χ4n) is 7.26. The minimum Gasteiger partial charge on any atom is -0.493 e. The number of benzene rings is 3. The summed E-state index contributed by atoms with van der Waals surface area (Å²) in [6.45, 7) is 6.64. The molecule has 3 aromatic carbocycles. The number of carbonyl (C=O) groups excluding carboxylic acids is 1. The zero-order valence-electron chi connectivity index (χ0n) is 27.7. The van der Waals surface area contributed by atoms with Crippen molar-refractivity contribution in [3.05, 3.63) is 77.9 Å². The van der Waals surface area contributed by atoms with Gasteiger partial charge < -0.3 is 33.5 Å². The van der Waals surface area contributed by atoms with Gasteiger partial charge in [-0.05, 0) is 62.2 Å². The highest BCUT2D eigenvalue weighted by Crippen LogP contribution is 2.41. The highest BCUT2D eigenvalue weighted by Gasteiger charge is 2.42. The molecule has 0 radical (unpaired) electrons. The van der Waals surface area contributed by atoms with Crippen LogP contribution in [0.15, 0.2) is 66.7 Å². The molecular formula is C37H44N6O4. The van der Waals surface area contributed by atoms with Gasteiger partial charge in [-0.25, -0.2) is 4.98 Å². The molecule has 2 aliphatic heterocycles. The number of hydrogen-bond donors (Lipinski definition) is 0. The van der Waals surface area contributed by atoms with Gasteiger partial charge in [0, 0.05) is 50.2 Å². The molecule has 2 aliphatic rings. The second-order valence-electron chi connectivity index (χ2n) is 12.4. The van der Waals surface area contributed by atoms with Gasteiger partial charge in [0.2, 0.25) is 11.7 Å². The first-order chi connectivity index (χ1) is 23.0. The second kappa shape index (κ2) is 14.3. The Morgan fingerprint density at radius 1 is 0.894 bits per heavy atom. The maximum Gasteiger partial charge on any atom is 0.254 e. The Labute approximate surface area is 277 Å². The van der Waals surface area contributed by atoms with Crippen molar-refractivity contribution in [2.75, 3.05) is 72.0 Å². The van der Waals surface area contributed by atoms with E-state index in [0.717, 1.165) is 69.0 Å². The second-order valence-corrected chi connectivity index (χ2v) is 12.4. The Hall–Kier alpha value is -4.75. The molecule has 1 amide bonds. The maximum absolute atomic E-state index is 13.9. The molecule has 1 atom stereocenters. The summed E-state index contributed by atoms with van der Waals surface area (Å²) in [5, 5.41) is 9.30. The molecular weight excluding hydrogens is 592 g/mol. The Bertz CT molecular complexity index is 1710. The van der Waals surface area contributed by atoms with E-state index in [9.17, 15) is 10.1 Å². The molecule has 246 valence electrons. The van der Waals surface area contributed by atoms with Crippen molar-refractivity contribution in [1.82, 2.24) is 19.4 Å². The lowest BCUT2D eigenvalue weighted by Gasteiger charge is -2.33. The fraction of sp³-hybridized carbons (Fsp3) is 0.432. The van der Waals surface area contributed by atoms with Crippen LogP contribution < -0.4 is 19.1 Å². The summed E-state index contributed by atoms with van der Waals surface area (Å²) >= 11 is 0. The molecule has 0 N–H and O–H groups in total. The van der Waals surface area contributed by atoms with Crippen molar-refractivity contribution >= 4 is 22.9 Å². The number of nitrogens with zero attached hydrogens (tertiary/aromatic N) is 6. The standard InChI is InChI=1S/C37H44N6O4/c1-45-32-25-28(26-33(46-2)34(32)47-3)35(44)42-22-16-37(27-42,29-11-5-4-6-12-29)15-21-40-18-10-19-41(24-23-40)36-39-30-13-7-8-14-31(30)43(36)20-9-17-38/h4-8,11-14,25-26H,9-10,15-16,18-24,27H2,1-3H3. The number of hydrogen-bond acceptors (Lipinski definition) is 8. The monoisotopic (exact) mass is 636 g/mol. The number of imidazole rings is 1. The maximum atomic E-state index is 13.9. The zero-order valence-corrected chi connectivity index (χ0v) is 27.7. The quantitative estimate of drug-likeness (QED) is 0.217. The van der Waals surface area contributed by atoms with E-state index in [2.05, 4.69) is 56.8 Å². The highest BCUT2D eigenvalue weighted by atomic mass is 16.5. The molecule has 1 unspecified atom stereocenters. The summed E-state index contributed by atoms with van der Waals surface area (Å²) in [7, 11) is 4.69. The number of aryl methyl sites for hydroxylation is 1. The van der Waals surface area contributed by atoms with Gasteiger partial charge in [0.05, 0.1) is 44.9 Å². The summed E-state index contributed by atoms with van der Waals surface area (Å²) in [6.07, 6.45) is 3.34. The first kappa shape index (κ1) is 32.2. The number of rotatable bonds is 11. The summed E-state index contributed by atoms with van der Waals surface area (Å²) in [5.74, 6) is 2.34. The molecule has 0 spiro atoms. The topological polar surface area (TPSA) is 96.1 Å². The fourth-order valence-corrected chi connectivity index (χ4v) is 7.26. The largest absolute Gasteiger partial charge is 0.493 e. The Kier molecular flexibility index (Phi) is 9.83. The number of amides is 1. The number of aromatic nitrogens is 2. The van der Waals surface area contributed by atoms with Crippen LogP contribution in [-0.4, -0.2) is 92.4 Å². The van der Waals surface area contributed by atoms with Gasteiger partial charge in [-0.15, -0.1) is 0 Å². The Balaban J connectivity index is 1.17. The number of carbonyl (C=O) groups is 1. The van der Waals surface area contributed by atoms with Gasteiger partial charge in [-0.1, -0.05) is 42.5 Å². The SMILES string of the molecule is COc1cc(C(=O)N2CCC(CCN3CCCN(c4nc5ccccc5n4CCC#N)CC3)(c3ccccc3)C2)cc(OC)c1OC. The minimum absolute atomic E-state index is 0.0354. The van der Waals surface area contributed by atoms with Gasteiger partial charge in [0.15, 0.2) is 11.5 Å². The first-order valence-corrected chi connectivity index (χ1v) is 16.4. The van der Waals surface area contributed by atoms with Crippen LogP contribution in [0.25, 0.3) is 11.0 Å². The highest BCUT2D eigenvalue weighted by molar-refractivity contribution is 5.96. The first-order valence-electron chi connectivity index (χ1n) is 16.4. The van der Waals surface area contributed by atoms with E-state index < -0.39 is 0 Å². The van der Waals surface area contributed by atoms with Crippen LogP contribution in [0.2, 0.25) is 0 Å². The zero-order chi connectivity index (χ0) is 32.8. The molecule has 1 aromatic heterocycles. The predicted molar refractivity (Wildman–Crippen MR) is 183 cm³/mol. The van der Waals surface area contributed by atoms with Crippen molar-refractivity contribution in [2.24, 2.45) is 0 Å². The summed E-state index contributed by atoms with van der Waals surface area (Å²) < 4.78 is 18.7. The van der Waals surface area contributed by atoms with Gasteiger partial charge in [0.25, 0.3) is 5.91 Å². The minimum atomic E-state index is -0.144. The number of fused-ring (bicyclic) bond motifs is 1. The number of ether oxygens (including phenoxy) is 3. The molecule has 6 rings (SSSR count). The van der Waals surface area contributed by atoms with Gasteiger partial charge in [-0.2, -0.15) is 5.26 Å². The summed E-state index contributed by atoms with van der Waals surface area (Å²) in [6, 6.07) is 24.6. The average Bonchev–Trinajstić information content (AvgIpc) is 3.64. The molecule has 47 heavy (non-hydrogen) atoms. The van der Waals surface area contributed by atoms with Crippen LogP contribution in [0.5, 0.6) is 17.2 Å². The summed E-state index contributed by atoms with van der Waals surface area (Å²) in [5.41, 5.74) is 3.71. The third-order valence-corrected chi connectivity index (χ3v) is 9.80. The van der Waals surface area contributed by atoms with Gasteiger partial charge in [-0.3, -0.25) is 4.79 Å². The van der Waals surface area contributed by atoms with Crippen LogP contribution in [0.1, 0.15) is 41.6 Å². The molecule has 0 aliphatic carbocycles. The Morgan fingerprint density at radius 2 is 1.64 bits per heavy atom. The van der Waals surface area contributed by atoms with Crippen molar-refractivity contribution in [1.29, 1.82) is 5.26 Å². The number of likely N-dealkylation sites (tertiary alicyclic amines) is 1. The van der Waals surface area contributed by atoms with Gasteiger partial charge in [0.1, 0.15) is 0 Å². The van der Waals surface area contributed by atoms with E-state index in [1.807, 2.05) is 23.1 Å². The number of para-hydroxylation sites is 2. The van der Waals surface area contributed by atoms with Gasteiger partial charge >= 0.3 is 0 Å². The third kappa shape index (κ3) is 6.58. The average molecular weight is 637 g/mol. The molecule has 4 aromatic rings. The van der Waals surface area contributed by atoms with E-state index in [1.54, 1.807) is 33.5 Å². The van der Waals surface area contributed by atoms with Crippen LogP contribution in [-0.2, 0) is 12.0 Å². The Morgan fingerprint density at radius 3 is 2.36 bits per heavy atom. The number of methoxy groups -OCH3 is 3. The number of anilines is 1. The third-order valence-electron chi connectivity index (χ3n) is 9.80. The van der Waals surface area contributed by atoms with E-state index in [1.165, 1.54) is 5.56 Å². The van der Waals surface area contributed by atoms with Crippen molar-refractivity contribution in [2.45, 2.75) is 37.6 Å². The van der Waals surface area contributed by atoms with Crippen LogP contribution in [0.3, 0.4) is 0 Å². The van der Waals surface area contributed by atoms with Crippen molar-refractivity contribution in [3.63, 3.8) is 0 Å². The van der Waals surface area contributed by atoms with Crippen LogP contribution >= 0.6 is 0 Å². The van der Waals surface area contributed by atoms with Crippen molar-refractivity contribution < 1.29 is 19.0 Å². The number of nitriles is 1. The molecule has 0 saturated carbocycles. The smallest absolute Gasteiger partial charge is 0.254 e. The van der Waals surface area contributed by atoms with E-state index >= 15 is 0 Å². The molecule has 2 fully saturated rings.